The van der Waals surface area contributed by atoms with Gasteiger partial charge in [-0.3, -0.25) is 9.78 Å². The first-order valence-electron chi connectivity index (χ1n) is 4.86. The van der Waals surface area contributed by atoms with Crippen LogP contribution in [0.4, 0.5) is 0 Å². The van der Waals surface area contributed by atoms with E-state index in [2.05, 4.69) is 15.0 Å². The van der Waals surface area contributed by atoms with Gasteiger partial charge >= 0.3 is 0 Å². The minimum atomic E-state index is -0.327. The smallest absolute Gasteiger partial charge is 0.293 e. The Hall–Kier alpha value is -2.17. The molecule has 2 aromatic heterocycles. The Morgan fingerprint density at radius 1 is 1.44 bits per heavy atom. The summed E-state index contributed by atoms with van der Waals surface area (Å²) in [6.45, 7) is 0.452. The summed E-state index contributed by atoms with van der Waals surface area (Å²) < 4.78 is 5.03. The van der Waals surface area contributed by atoms with Gasteiger partial charge in [-0.25, -0.2) is 4.98 Å². The Kier molecular flexibility index (Phi) is 3.28. The SMILES string of the molecule is O=COC(Cc1cnc[nH]1)c1cccnc1. The molecule has 1 unspecified atom stereocenters. The molecule has 0 aliphatic heterocycles. The highest BCUT2D eigenvalue weighted by atomic mass is 16.5. The van der Waals surface area contributed by atoms with E-state index in [0.717, 1.165) is 11.3 Å². The molecule has 0 amide bonds. The van der Waals surface area contributed by atoms with E-state index in [-0.39, 0.29) is 6.10 Å². The van der Waals surface area contributed by atoms with Gasteiger partial charge in [0.25, 0.3) is 6.47 Å². The third-order valence-corrected chi connectivity index (χ3v) is 2.24. The largest absolute Gasteiger partial charge is 0.459 e. The van der Waals surface area contributed by atoms with E-state index in [0.29, 0.717) is 12.9 Å². The zero-order valence-corrected chi connectivity index (χ0v) is 8.54. The van der Waals surface area contributed by atoms with Crippen molar-refractivity contribution in [2.45, 2.75) is 12.5 Å². The minimum absolute atomic E-state index is 0.327. The van der Waals surface area contributed by atoms with Crippen LogP contribution in [0.15, 0.2) is 37.1 Å². The van der Waals surface area contributed by atoms with Crippen LogP contribution in [0, 0.1) is 0 Å². The molecular weight excluding hydrogens is 206 g/mol. The average Bonchev–Trinajstić information content (AvgIpc) is 2.83. The predicted octanol–water partition coefficient (Wildman–Crippen LogP) is 1.26. The molecule has 16 heavy (non-hydrogen) atoms. The van der Waals surface area contributed by atoms with Gasteiger partial charge in [-0.1, -0.05) is 6.07 Å². The van der Waals surface area contributed by atoms with E-state index in [1.54, 1.807) is 24.9 Å². The molecule has 0 aromatic carbocycles. The molecule has 1 N–H and O–H groups in total. The summed E-state index contributed by atoms with van der Waals surface area (Å²) in [6.07, 6.45) is 6.90. The molecule has 2 rings (SSSR count). The molecule has 0 saturated heterocycles. The summed E-state index contributed by atoms with van der Waals surface area (Å²) in [5, 5.41) is 0. The molecule has 1 atom stereocenters. The standard InChI is InChI=1S/C11H11N3O2/c15-8-16-11(4-10-6-13-7-14-10)9-2-1-3-12-5-9/h1-3,5-8,11H,4H2,(H,13,14). The average molecular weight is 217 g/mol. The number of nitrogens with one attached hydrogen (secondary N) is 1. The maximum atomic E-state index is 10.4. The van der Waals surface area contributed by atoms with Crippen LogP contribution in [0.3, 0.4) is 0 Å². The summed E-state index contributed by atoms with van der Waals surface area (Å²) in [4.78, 5) is 21.3. The van der Waals surface area contributed by atoms with Crippen molar-refractivity contribution in [2.75, 3.05) is 0 Å². The lowest BCUT2D eigenvalue weighted by molar-refractivity contribution is -0.133. The van der Waals surface area contributed by atoms with Crippen LogP contribution >= 0.6 is 0 Å². The second-order valence-electron chi connectivity index (χ2n) is 3.29. The van der Waals surface area contributed by atoms with Crippen molar-refractivity contribution in [1.82, 2.24) is 15.0 Å². The van der Waals surface area contributed by atoms with E-state index < -0.39 is 0 Å². The lowest BCUT2D eigenvalue weighted by Crippen LogP contribution is -2.07. The number of imidazole rings is 1. The normalized spacial score (nSPS) is 12.0. The van der Waals surface area contributed by atoms with E-state index in [9.17, 15) is 4.79 Å². The molecule has 0 radical (unpaired) electrons. The second-order valence-corrected chi connectivity index (χ2v) is 3.29. The molecular formula is C11H11N3O2. The molecule has 0 bridgehead atoms. The Morgan fingerprint density at radius 2 is 2.38 bits per heavy atom. The Labute approximate surface area is 92.5 Å². The fourth-order valence-corrected chi connectivity index (χ4v) is 1.47. The predicted molar refractivity (Wildman–Crippen MR) is 56.4 cm³/mol. The van der Waals surface area contributed by atoms with Crippen LogP contribution in [0.25, 0.3) is 0 Å². The number of ether oxygens (including phenoxy) is 1. The van der Waals surface area contributed by atoms with Gasteiger partial charge in [0.05, 0.1) is 6.33 Å². The van der Waals surface area contributed by atoms with Gasteiger partial charge in [-0.05, 0) is 6.07 Å². The minimum Gasteiger partial charge on any atom is -0.459 e. The van der Waals surface area contributed by atoms with E-state index in [1.807, 2.05) is 12.1 Å². The van der Waals surface area contributed by atoms with Crippen LogP contribution in [0.5, 0.6) is 0 Å². The molecule has 0 aliphatic carbocycles. The molecule has 5 heteroatoms. The van der Waals surface area contributed by atoms with Gasteiger partial charge in [0, 0.05) is 36.3 Å². The van der Waals surface area contributed by atoms with Crippen LogP contribution < -0.4 is 0 Å². The fraction of sp³-hybridized carbons (Fsp3) is 0.182. The van der Waals surface area contributed by atoms with E-state index in [4.69, 9.17) is 4.74 Å². The molecule has 82 valence electrons. The first kappa shape index (κ1) is 10.4. The van der Waals surface area contributed by atoms with Crippen LogP contribution in [-0.2, 0) is 16.0 Å². The van der Waals surface area contributed by atoms with Gasteiger partial charge in [0.1, 0.15) is 6.10 Å². The highest BCUT2D eigenvalue weighted by molar-refractivity contribution is 5.38. The molecule has 2 heterocycles. The lowest BCUT2D eigenvalue weighted by atomic mass is 10.1. The topological polar surface area (TPSA) is 67.9 Å². The van der Waals surface area contributed by atoms with Crippen LogP contribution in [-0.4, -0.2) is 21.4 Å². The number of aromatic amines is 1. The number of aromatic nitrogens is 3. The number of rotatable bonds is 5. The van der Waals surface area contributed by atoms with Crippen LogP contribution in [0.1, 0.15) is 17.4 Å². The third-order valence-electron chi connectivity index (χ3n) is 2.24. The summed E-state index contributed by atoms with van der Waals surface area (Å²) >= 11 is 0. The van der Waals surface area contributed by atoms with Gasteiger partial charge in [0.15, 0.2) is 0 Å². The number of nitrogens with zero attached hydrogens (tertiary/aromatic N) is 2. The van der Waals surface area contributed by atoms with Gasteiger partial charge in [-0.15, -0.1) is 0 Å². The van der Waals surface area contributed by atoms with Crippen molar-refractivity contribution in [3.63, 3.8) is 0 Å². The zero-order chi connectivity index (χ0) is 11.2. The van der Waals surface area contributed by atoms with Gasteiger partial charge in [-0.2, -0.15) is 0 Å². The number of hydrogen-bond acceptors (Lipinski definition) is 4. The second kappa shape index (κ2) is 5.06. The van der Waals surface area contributed by atoms with Crippen molar-refractivity contribution < 1.29 is 9.53 Å². The molecule has 2 aromatic rings. The monoisotopic (exact) mass is 217 g/mol. The Morgan fingerprint density at radius 3 is 3.00 bits per heavy atom. The van der Waals surface area contributed by atoms with Crippen molar-refractivity contribution in [2.24, 2.45) is 0 Å². The maximum Gasteiger partial charge on any atom is 0.293 e. The summed E-state index contributed by atoms with van der Waals surface area (Å²) in [5.41, 5.74) is 1.78. The van der Waals surface area contributed by atoms with E-state index in [1.165, 1.54) is 0 Å². The number of hydrogen-bond donors (Lipinski definition) is 1. The molecule has 0 spiro atoms. The third kappa shape index (κ3) is 2.44. The number of pyridine rings is 1. The highest BCUT2D eigenvalue weighted by Gasteiger charge is 2.13. The highest BCUT2D eigenvalue weighted by Crippen LogP contribution is 2.19. The molecule has 0 saturated carbocycles. The molecule has 0 fully saturated rings. The summed E-state index contributed by atoms with van der Waals surface area (Å²) in [5.74, 6) is 0. The van der Waals surface area contributed by atoms with Crippen molar-refractivity contribution in [3.8, 4) is 0 Å². The number of carbonyl (C=O) groups excluding carboxylic acids is 1. The van der Waals surface area contributed by atoms with Crippen molar-refractivity contribution in [3.05, 3.63) is 48.3 Å². The van der Waals surface area contributed by atoms with E-state index >= 15 is 0 Å². The Bertz CT molecular complexity index is 428. The summed E-state index contributed by atoms with van der Waals surface area (Å²) in [6, 6.07) is 3.68. The van der Waals surface area contributed by atoms with Crippen molar-refractivity contribution >= 4 is 6.47 Å². The zero-order valence-electron chi connectivity index (χ0n) is 8.54. The van der Waals surface area contributed by atoms with Gasteiger partial charge < -0.3 is 9.72 Å². The first-order chi connectivity index (χ1) is 7.90. The molecule has 5 nitrogen and oxygen atoms in total. The van der Waals surface area contributed by atoms with Crippen LogP contribution in [0.2, 0.25) is 0 Å². The first-order valence-corrected chi connectivity index (χ1v) is 4.86. The van der Waals surface area contributed by atoms with Gasteiger partial charge in [0.2, 0.25) is 0 Å². The number of H-pyrrole nitrogens is 1. The lowest BCUT2D eigenvalue weighted by Gasteiger charge is -2.13. The maximum absolute atomic E-state index is 10.4. The van der Waals surface area contributed by atoms with Crippen molar-refractivity contribution in [1.29, 1.82) is 0 Å². The number of carbonyl (C=O) groups is 1. The quantitative estimate of drug-likeness (QED) is 0.765. The summed E-state index contributed by atoms with van der Waals surface area (Å²) in [7, 11) is 0. The molecule has 0 aliphatic rings. The Balaban J connectivity index is 2.14. The fourth-order valence-electron chi connectivity index (χ4n) is 1.47.